The largest absolute Gasteiger partial charge is 0.497 e. The molecule has 2 unspecified atom stereocenters. The molecule has 1 aliphatic carbocycles. The second-order valence-corrected chi connectivity index (χ2v) is 4.04. The molecule has 3 heteroatoms. The fraction of sp³-hybridized carbons (Fsp3) is 0.500. The third-order valence-corrected chi connectivity index (χ3v) is 3.21. The lowest BCUT2D eigenvalue weighted by Crippen LogP contribution is -2.27. The van der Waals surface area contributed by atoms with Gasteiger partial charge < -0.3 is 15.6 Å². The summed E-state index contributed by atoms with van der Waals surface area (Å²) in [4.78, 5) is 0. The zero-order valence-corrected chi connectivity index (χ0v) is 8.94. The first-order valence-corrected chi connectivity index (χ1v) is 5.31. The predicted molar refractivity (Wildman–Crippen MR) is 58.8 cm³/mol. The van der Waals surface area contributed by atoms with Crippen LogP contribution < -0.4 is 10.5 Å². The van der Waals surface area contributed by atoms with Gasteiger partial charge in [-0.2, -0.15) is 0 Å². The summed E-state index contributed by atoms with van der Waals surface area (Å²) in [5.41, 5.74) is 7.83. The van der Waals surface area contributed by atoms with Crippen LogP contribution in [0.15, 0.2) is 18.2 Å². The van der Waals surface area contributed by atoms with Gasteiger partial charge in [0.05, 0.1) is 13.2 Å². The zero-order chi connectivity index (χ0) is 10.8. The highest BCUT2D eigenvalue weighted by molar-refractivity contribution is 5.39. The van der Waals surface area contributed by atoms with E-state index in [1.807, 2.05) is 18.2 Å². The molecule has 0 heterocycles. The van der Waals surface area contributed by atoms with Crippen molar-refractivity contribution in [2.45, 2.75) is 18.9 Å². The van der Waals surface area contributed by atoms with E-state index in [4.69, 9.17) is 10.5 Å². The van der Waals surface area contributed by atoms with Gasteiger partial charge >= 0.3 is 0 Å². The number of hydrogen-bond donors (Lipinski definition) is 2. The van der Waals surface area contributed by atoms with Gasteiger partial charge in [-0.15, -0.1) is 0 Å². The van der Waals surface area contributed by atoms with E-state index >= 15 is 0 Å². The average molecular weight is 207 g/mol. The lowest BCUT2D eigenvalue weighted by Gasteiger charge is -2.29. The Hall–Kier alpha value is -1.06. The Labute approximate surface area is 89.9 Å². The second-order valence-electron chi connectivity index (χ2n) is 4.04. The van der Waals surface area contributed by atoms with Crippen LogP contribution in [0.25, 0.3) is 0 Å². The molecule has 0 aromatic heterocycles. The molecule has 2 rings (SSSR count). The van der Waals surface area contributed by atoms with Crippen molar-refractivity contribution >= 4 is 0 Å². The highest BCUT2D eigenvalue weighted by Gasteiger charge is 2.26. The van der Waals surface area contributed by atoms with Crippen molar-refractivity contribution in [3.05, 3.63) is 29.3 Å². The maximum absolute atomic E-state index is 10.1. The molecule has 1 aliphatic rings. The lowest BCUT2D eigenvalue weighted by molar-refractivity contribution is 0.0978. The van der Waals surface area contributed by atoms with Crippen molar-refractivity contribution < 1.29 is 9.84 Å². The van der Waals surface area contributed by atoms with Gasteiger partial charge in [-0.3, -0.25) is 0 Å². The van der Waals surface area contributed by atoms with E-state index in [1.165, 1.54) is 5.56 Å². The van der Waals surface area contributed by atoms with Crippen molar-refractivity contribution in [2.24, 2.45) is 11.7 Å². The number of ether oxygens (including phenoxy) is 1. The van der Waals surface area contributed by atoms with Gasteiger partial charge in [0.25, 0.3) is 0 Å². The topological polar surface area (TPSA) is 55.5 Å². The number of aryl methyl sites for hydroxylation is 1. The summed E-state index contributed by atoms with van der Waals surface area (Å²) in [6, 6.07) is 5.89. The monoisotopic (exact) mass is 207 g/mol. The molecule has 0 fully saturated rings. The normalized spacial score (nSPS) is 24.7. The highest BCUT2D eigenvalue weighted by Crippen LogP contribution is 2.35. The first-order chi connectivity index (χ1) is 7.26. The van der Waals surface area contributed by atoms with Crippen LogP contribution in [0.1, 0.15) is 23.7 Å². The SMILES string of the molecule is COc1ccc2c(c1)C(O)C(CN)CC2. The van der Waals surface area contributed by atoms with Crippen molar-refractivity contribution in [1.29, 1.82) is 0 Å². The van der Waals surface area contributed by atoms with Crippen LogP contribution in [0, 0.1) is 5.92 Å². The summed E-state index contributed by atoms with van der Waals surface area (Å²) in [6.07, 6.45) is 1.53. The summed E-state index contributed by atoms with van der Waals surface area (Å²) >= 11 is 0. The van der Waals surface area contributed by atoms with Crippen LogP contribution in [0.3, 0.4) is 0 Å². The molecule has 3 N–H and O–H groups in total. The van der Waals surface area contributed by atoms with Gasteiger partial charge in [-0.25, -0.2) is 0 Å². The third-order valence-electron chi connectivity index (χ3n) is 3.21. The van der Waals surface area contributed by atoms with Crippen molar-refractivity contribution in [3.63, 3.8) is 0 Å². The van der Waals surface area contributed by atoms with Gasteiger partial charge in [0.1, 0.15) is 5.75 Å². The van der Waals surface area contributed by atoms with E-state index in [0.717, 1.165) is 24.2 Å². The van der Waals surface area contributed by atoms with Gasteiger partial charge in [-0.05, 0) is 42.6 Å². The van der Waals surface area contributed by atoms with Crippen LogP contribution in [0.2, 0.25) is 0 Å². The Morgan fingerprint density at radius 3 is 3.00 bits per heavy atom. The fourth-order valence-electron chi connectivity index (χ4n) is 2.20. The lowest BCUT2D eigenvalue weighted by atomic mass is 9.81. The highest BCUT2D eigenvalue weighted by atomic mass is 16.5. The molecule has 0 aliphatic heterocycles. The predicted octanol–water partition coefficient (Wildman–Crippen LogP) is 1.25. The summed E-state index contributed by atoms with van der Waals surface area (Å²) in [6.45, 7) is 0.540. The van der Waals surface area contributed by atoms with Crippen LogP contribution in [-0.2, 0) is 6.42 Å². The Balaban J connectivity index is 2.35. The third kappa shape index (κ3) is 1.85. The van der Waals surface area contributed by atoms with Crippen LogP contribution in [0.4, 0.5) is 0 Å². The summed E-state index contributed by atoms with van der Waals surface area (Å²) in [5.74, 6) is 0.982. The van der Waals surface area contributed by atoms with E-state index in [1.54, 1.807) is 7.11 Å². The standard InChI is InChI=1S/C12H17NO2/c1-15-10-5-4-8-2-3-9(7-13)12(14)11(8)6-10/h4-6,9,12,14H,2-3,7,13H2,1H3. The molecule has 1 aromatic rings. The van der Waals surface area contributed by atoms with E-state index in [-0.39, 0.29) is 5.92 Å². The van der Waals surface area contributed by atoms with E-state index < -0.39 is 6.10 Å². The van der Waals surface area contributed by atoms with Crippen molar-refractivity contribution in [1.82, 2.24) is 0 Å². The molecule has 0 saturated heterocycles. The Bertz CT molecular complexity index is 351. The molecule has 0 saturated carbocycles. The molecule has 1 aromatic carbocycles. The van der Waals surface area contributed by atoms with Crippen LogP contribution in [0.5, 0.6) is 5.75 Å². The van der Waals surface area contributed by atoms with E-state index in [2.05, 4.69) is 0 Å². The van der Waals surface area contributed by atoms with Gasteiger partial charge in [0.15, 0.2) is 0 Å². The number of aliphatic hydroxyl groups excluding tert-OH is 1. The molecule has 3 nitrogen and oxygen atoms in total. The minimum atomic E-state index is -0.436. The average Bonchev–Trinajstić information content (AvgIpc) is 2.29. The smallest absolute Gasteiger partial charge is 0.119 e. The maximum atomic E-state index is 10.1. The number of aliphatic hydroxyl groups is 1. The molecular weight excluding hydrogens is 190 g/mol. The quantitative estimate of drug-likeness (QED) is 0.767. The number of methoxy groups -OCH3 is 1. The molecule has 82 valence electrons. The van der Waals surface area contributed by atoms with Gasteiger partial charge in [-0.1, -0.05) is 6.07 Å². The van der Waals surface area contributed by atoms with Crippen molar-refractivity contribution in [2.75, 3.05) is 13.7 Å². The Morgan fingerprint density at radius 1 is 1.53 bits per heavy atom. The second kappa shape index (κ2) is 4.21. The van der Waals surface area contributed by atoms with Crippen molar-refractivity contribution in [3.8, 4) is 5.75 Å². The molecule has 0 amide bonds. The summed E-state index contributed by atoms with van der Waals surface area (Å²) in [7, 11) is 1.64. The first kappa shape index (κ1) is 10.5. The molecule has 0 radical (unpaired) electrons. The Kier molecular flexibility index (Phi) is 2.93. The first-order valence-electron chi connectivity index (χ1n) is 5.31. The summed E-state index contributed by atoms with van der Waals surface area (Å²) in [5, 5.41) is 10.1. The summed E-state index contributed by atoms with van der Waals surface area (Å²) < 4.78 is 5.16. The number of nitrogens with two attached hydrogens (primary N) is 1. The fourth-order valence-corrected chi connectivity index (χ4v) is 2.20. The van der Waals surface area contributed by atoms with E-state index in [0.29, 0.717) is 6.54 Å². The van der Waals surface area contributed by atoms with Crippen LogP contribution in [-0.4, -0.2) is 18.8 Å². The van der Waals surface area contributed by atoms with Gasteiger partial charge in [0, 0.05) is 5.92 Å². The molecule has 15 heavy (non-hydrogen) atoms. The number of benzene rings is 1. The number of hydrogen-bond acceptors (Lipinski definition) is 3. The maximum Gasteiger partial charge on any atom is 0.119 e. The Morgan fingerprint density at radius 2 is 2.33 bits per heavy atom. The number of fused-ring (bicyclic) bond motifs is 1. The van der Waals surface area contributed by atoms with Crippen LogP contribution >= 0.6 is 0 Å². The molecule has 0 spiro atoms. The molecule has 2 atom stereocenters. The number of rotatable bonds is 2. The van der Waals surface area contributed by atoms with Gasteiger partial charge in [0.2, 0.25) is 0 Å². The minimum absolute atomic E-state index is 0.185. The zero-order valence-electron chi connectivity index (χ0n) is 8.94. The van der Waals surface area contributed by atoms with E-state index in [9.17, 15) is 5.11 Å². The molecule has 0 bridgehead atoms. The minimum Gasteiger partial charge on any atom is -0.497 e. The molecular formula is C12H17NO2.